The Morgan fingerprint density at radius 3 is 2.71 bits per heavy atom. The number of aromatic nitrogens is 4. The molecule has 1 fully saturated rings. The maximum absolute atomic E-state index is 12.9. The summed E-state index contributed by atoms with van der Waals surface area (Å²) in [5, 5.41) is 18.9. The van der Waals surface area contributed by atoms with Crippen LogP contribution in [0.15, 0.2) is 48.5 Å². The number of aryl methyl sites for hydroxylation is 1. The van der Waals surface area contributed by atoms with E-state index in [1.165, 1.54) is 5.56 Å². The van der Waals surface area contributed by atoms with Crippen LogP contribution in [0.1, 0.15) is 35.8 Å². The van der Waals surface area contributed by atoms with Crippen LogP contribution in [0.2, 0.25) is 0 Å². The van der Waals surface area contributed by atoms with Crippen LogP contribution < -0.4 is 15.4 Å². The third-order valence-corrected chi connectivity index (χ3v) is 5.30. The van der Waals surface area contributed by atoms with E-state index in [0.717, 1.165) is 30.6 Å². The lowest BCUT2D eigenvalue weighted by molar-refractivity contribution is 0.189. The molecule has 0 unspecified atom stereocenters. The van der Waals surface area contributed by atoms with Gasteiger partial charge in [-0.1, -0.05) is 30.3 Å². The molecule has 2 aromatic carbocycles. The lowest BCUT2D eigenvalue weighted by atomic mass is 9.92. The lowest BCUT2D eigenvalue weighted by Crippen LogP contribution is -2.45. The van der Waals surface area contributed by atoms with Crippen LogP contribution in [-0.4, -0.2) is 39.7 Å². The molecule has 1 aliphatic rings. The standard InChI is InChI=1S/C21H25FN6O.2ClH/c1-15-25-26-27-28(15)18-9-10-20(29-14-22)17(12-18)13-24-19-8-5-11-23-21(19)16-6-3-2-4-7-16;;/h2-4,6-7,9-10,12,19,21,23-24H,5,8,11,13-14H2,1H3;2*1H/t19-,21-;;/m0../s1. The van der Waals surface area contributed by atoms with Crippen LogP contribution in [-0.2, 0) is 6.54 Å². The van der Waals surface area contributed by atoms with Crippen molar-refractivity contribution < 1.29 is 9.13 Å². The highest BCUT2D eigenvalue weighted by atomic mass is 35.5. The number of nitrogens with one attached hydrogen (secondary N) is 2. The van der Waals surface area contributed by atoms with E-state index in [4.69, 9.17) is 4.74 Å². The summed E-state index contributed by atoms with van der Waals surface area (Å²) in [7, 11) is 0. The molecule has 1 aromatic heterocycles. The molecule has 0 amide bonds. The van der Waals surface area contributed by atoms with Gasteiger partial charge in [0.25, 0.3) is 0 Å². The Kier molecular flexibility index (Phi) is 9.64. The van der Waals surface area contributed by atoms with Gasteiger partial charge in [0.05, 0.1) is 5.69 Å². The molecule has 0 aliphatic carbocycles. The fraction of sp³-hybridized carbons (Fsp3) is 0.381. The number of rotatable bonds is 7. The molecule has 168 valence electrons. The normalized spacial score (nSPS) is 18.0. The molecule has 0 spiro atoms. The van der Waals surface area contributed by atoms with Crippen molar-refractivity contribution in [3.05, 3.63) is 65.5 Å². The van der Waals surface area contributed by atoms with Gasteiger partial charge in [0, 0.05) is 24.2 Å². The van der Waals surface area contributed by atoms with Crippen LogP contribution in [0.25, 0.3) is 5.69 Å². The molecular formula is C21H27Cl2FN6O. The van der Waals surface area contributed by atoms with Crippen molar-refractivity contribution in [1.29, 1.82) is 0 Å². The largest absolute Gasteiger partial charge is 0.463 e. The molecule has 2 N–H and O–H groups in total. The van der Waals surface area contributed by atoms with Gasteiger partial charge in [-0.25, -0.2) is 4.39 Å². The number of halogens is 3. The molecule has 10 heteroatoms. The number of hydrogen-bond acceptors (Lipinski definition) is 6. The zero-order valence-corrected chi connectivity index (χ0v) is 18.8. The summed E-state index contributed by atoms with van der Waals surface area (Å²) in [5.74, 6) is 1.21. The fourth-order valence-electron chi connectivity index (χ4n) is 3.87. The first-order chi connectivity index (χ1) is 14.3. The molecule has 1 aliphatic heterocycles. The molecule has 3 aromatic rings. The number of piperidine rings is 1. The molecule has 0 bridgehead atoms. The number of tetrazole rings is 1. The van der Waals surface area contributed by atoms with Crippen molar-refractivity contribution in [1.82, 2.24) is 30.8 Å². The van der Waals surface area contributed by atoms with Crippen molar-refractivity contribution in [2.75, 3.05) is 13.4 Å². The summed E-state index contributed by atoms with van der Waals surface area (Å²) in [4.78, 5) is 0. The zero-order valence-electron chi connectivity index (χ0n) is 17.2. The van der Waals surface area contributed by atoms with E-state index in [-0.39, 0.29) is 36.9 Å². The Labute approximate surface area is 193 Å². The fourth-order valence-corrected chi connectivity index (χ4v) is 3.87. The van der Waals surface area contributed by atoms with E-state index < -0.39 is 6.86 Å². The average molecular weight is 469 g/mol. The molecule has 0 saturated carbocycles. The lowest BCUT2D eigenvalue weighted by Gasteiger charge is -2.34. The van der Waals surface area contributed by atoms with Gasteiger partial charge >= 0.3 is 0 Å². The molecule has 0 radical (unpaired) electrons. The van der Waals surface area contributed by atoms with Crippen molar-refractivity contribution >= 4 is 24.8 Å². The van der Waals surface area contributed by atoms with Gasteiger partial charge in [0.2, 0.25) is 6.86 Å². The van der Waals surface area contributed by atoms with Crippen LogP contribution in [0, 0.1) is 6.92 Å². The molecule has 2 atom stereocenters. The number of hydrogen-bond donors (Lipinski definition) is 2. The molecule has 4 rings (SSSR count). The summed E-state index contributed by atoms with van der Waals surface area (Å²) in [6.07, 6.45) is 2.18. The second-order valence-corrected chi connectivity index (χ2v) is 7.16. The van der Waals surface area contributed by atoms with Gasteiger partial charge in [0.15, 0.2) is 5.82 Å². The number of benzene rings is 2. The SMILES string of the molecule is Cc1nnnn1-c1ccc(OCF)c(CN[C@H]2CCCN[C@H]2c2ccccc2)c1.Cl.Cl. The highest BCUT2D eigenvalue weighted by molar-refractivity contribution is 5.85. The summed E-state index contributed by atoms with van der Waals surface area (Å²) < 4.78 is 19.7. The van der Waals surface area contributed by atoms with E-state index in [1.807, 2.05) is 25.1 Å². The minimum atomic E-state index is -0.867. The van der Waals surface area contributed by atoms with Gasteiger partial charge in [-0.05, 0) is 60.5 Å². The summed E-state index contributed by atoms with van der Waals surface area (Å²) in [6.45, 7) is 2.53. The van der Waals surface area contributed by atoms with Gasteiger partial charge < -0.3 is 15.4 Å². The van der Waals surface area contributed by atoms with E-state index in [9.17, 15) is 4.39 Å². The maximum atomic E-state index is 12.9. The Bertz CT molecular complexity index is 943. The summed E-state index contributed by atoms with van der Waals surface area (Å²) in [5.41, 5.74) is 2.95. The topological polar surface area (TPSA) is 76.9 Å². The molecule has 1 saturated heterocycles. The van der Waals surface area contributed by atoms with Crippen LogP contribution in [0.4, 0.5) is 4.39 Å². The summed E-state index contributed by atoms with van der Waals surface area (Å²) >= 11 is 0. The van der Waals surface area contributed by atoms with Crippen LogP contribution in [0.5, 0.6) is 5.75 Å². The Morgan fingerprint density at radius 1 is 1.19 bits per heavy atom. The first-order valence-corrected chi connectivity index (χ1v) is 9.85. The first-order valence-electron chi connectivity index (χ1n) is 9.85. The minimum absolute atomic E-state index is 0. The quantitative estimate of drug-likeness (QED) is 0.550. The zero-order chi connectivity index (χ0) is 20.1. The van der Waals surface area contributed by atoms with E-state index in [0.29, 0.717) is 18.1 Å². The Hall–Kier alpha value is -2.26. The van der Waals surface area contributed by atoms with E-state index in [1.54, 1.807) is 10.7 Å². The second-order valence-electron chi connectivity index (χ2n) is 7.16. The Balaban J connectivity index is 0.00000171. The van der Waals surface area contributed by atoms with Crippen molar-refractivity contribution in [2.24, 2.45) is 0 Å². The Morgan fingerprint density at radius 2 is 2.00 bits per heavy atom. The monoisotopic (exact) mass is 468 g/mol. The first kappa shape index (κ1) is 25.0. The van der Waals surface area contributed by atoms with Crippen molar-refractivity contribution in [3.8, 4) is 11.4 Å². The second kappa shape index (κ2) is 12.0. The molecule has 31 heavy (non-hydrogen) atoms. The summed E-state index contributed by atoms with van der Waals surface area (Å²) in [6, 6.07) is 16.5. The number of alkyl halides is 1. The van der Waals surface area contributed by atoms with Crippen molar-refractivity contribution in [3.63, 3.8) is 0 Å². The van der Waals surface area contributed by atoms with Gasteiger partial charge in [-0.3, -0.25) is 0 Å². The van der Waals surface area contributed by atoms with Gasteiger partial charge in [-0.2, -0.15) is 4.68 Å². The third-order valence-electron chi connectivity index (χ3n) is 5.30. The van der Waals surface area contributed by atoms with Crippen molar-refractivity contribution in [2.45, 2.75) is 38.4 Å². The average Bonchev–Trinajstić information content (AvgIpc) is 3.20. The predicted molar refractivity (Wildman–Crippen MR) is 122 cm³/mol. The predicted octanol–water partition coefficient (Wildman–Crippen LogP) is 3.70. The van der Waals surface area contributed by atoms with E-state index in [2.05, 4.69) is 50.4 Å². The molecule has 2 heterocycles. The molecule has 7 nitrogen and oxygen atoms in total. The third kappa shape index (κ3) is 5.92. The number of ether oxygens (including phenoxy) is 1. The van der Waals surface area contributed by atoms with Gasteiger partial charge in [-0.15, -0.1) is 29.9 Å². The smallest absolute Gasteiger partial charge is 0.228 e. The number of nitrogens with zero attached hydrogens (tertiary/aromatic N) is 4. The minimum Gasteiger partial charge on any atom is -0.463 e. The molecular weight excluding hydrogens is 442 g/mol. The van der Waals surface area contributed by atoms with Crippen LogP contribution in [0.3, 0.4) is 0 Å². The van der Waals surface area contributed by atoms with Gasteiger partial charge in [0.1, 0.15) is 5.75 Å². The van der Waals surface area contributed by atoms with Crippen LogP contribution >= 0.6 is 24.8 Å². The highest BCUT2D eigenvalue weighted by Crippen LogP contribution is 2.26. The highest BCUT2D eigenvalue weighted by Gasteiger charge is 2.26. The maximum Gasteiger partial charge on any atom is 0.228 e. The van der Waals surface area contributed by atoms with E-state index >= 15 is 0 Å².